The Kier molecular flexibility index (Phi) is 7.87. The number of rotatable bonds is 7. The molecule has 0 aliphatic carbocycles. The normalized spacial score (nSPS) is 11.9. The lowest BCUT2D eigenvalue weighted by Gasteiger charge is -2.35. The van der Waals surface area contributed by atoms with Gasteiger partial charge in [0.25, 0.3) is 0 Å². The smallest absolute Gasteiger partial charge is 0.181 e. The topological polar surface area (TPSA) is 9.86 Å². The van der Waals surface area contributed by atoms with Crippen molar-refractivity contribution in [2.45, 2.75) is 0 Å². The molecule has 9 aromatic carbocycles. The second kappa shape index (κ2) is 13.5. The number of nitrogens with zero attached hydrogens (tertiary/aromatic N) is 2. The number of hydrogen-bond acceptors (Lipinski definition) is 0. The molecule has 0 spiro atoms. The highest BCUT2D eigenvalue weighted by Gasteiger charge is 2.43. The van der Waals surface area contributed by atoms with Crippen molar-refractivity contribution in [2.75, 3.05) is 0 Å². The lowest BCUT2D eigenvalue weighted by molar-refractivity contribution is 1.17. The average molecular weight is 743 g/mol. The van der Waals surface area contributed by atoms with Crippen LogP contribution in [0.1, 0.15) is 0 Å². The molecule has 2 nitrogen and oxygen atoms in total. The van der Waals surface area contributed by atoms with Gasteiger partial charge in [0, 0.05) is 27.2 Å². The van der Waals surface area contributed by atoms with E-state index in [2.05, 4.69) is 240 Å². The zero-order valence-corrected chi connectivity index (χ0v) is 32.3. The van der Waals surface area contributed by atoms with Crippen molar-refractivity contribution in [3.8, 4) is 22.5 Å². The fourth-order valence-corrected chi connectivity index (χ4v) is 14.5. The first kappa shape index (κ1) is 33.2. The van der Waals surface area contributed by atoms with E-state index < -0.39 is 8.07 Å². The van der Waals surface area contributed by atoms with Gasteiger partial charge >= 0.3 is 0 Å². The molecule has 11 aromatic rings. The van der Waals surface area contributed by atoms with Gasteiger partial charge in [-0.25, -0.2) is 0 Å². The first-order chi connectivity index (χ1) is 28.3. The monoisotopic (exact) mass is 742 g/mol. The van der Waals surface area contributed by atoms with Gasteiger partial charge in [-0.15, -0.1) is 0 Å². The van der Waals surface area contributed by atoms with Gasteiger partial charge in [-0.05, 0) is 74.3 Å². The standard InChI is InChI=1S/C54H38N2Si/c1-6-20-39(21-7-1)40-36-37-49-47(38-40)53-50(55(49)41-22-8-2-9-23-41)33-19-34-51(53)56-48-32-17-16-30-45(48)46-31-18-35-52(54(46)56)57(42-24-10-3-11-25-42,43-26-12-4-13-27-43)44-28-14-5-15-29-44/h1-38H. The Morgan fingerprint density at radius 2 is 0.825 bits per heavy atom. The molecular formula is C54H38N2Si. The van der Waals surface area contributed by atoms with Gasteiger partial charge in [-0.3, -0.25) is 0 Å². The first-order valence-corrected chi connectivity index (χ1v) is 21.7. The van der Waals surface area contributed by atoms with Gasteiger partial charge in [-0.2, -0.15) is 0 Å². The molecule has 0 saturated carbocycles. The fourth-order valence-electron chi connectivity index (χ4n) is 9.51. The Bertz CT molecular complexity index is 3110. The predicted octanol–water partition coefficient (Wildman–Crippen LogP) is 10.9. The minimum atomic E-state index is -2.94. The molecule has 0 unspecified atom stereocenters. The van der Waals surface area contributed by atoms with Crippen LogP contribution in [0.2, 0.25) is 0 Å². The van der Waals surface area contributed by atoms with Crippen molar-refractivity contribution in [2.24, 2.45) is 0 Å². The van der Waals surface area contributed by atoms with Crippen LogP contribution < -0.4 is 20.7 Å². The summed E-state index contributed by atoms with van der Waals surface area (Å²) in [4.78, 5) is 0. The van der Waals surface area contributed by atoms with E-state index in [-0.39, 0.29) is 0 Å². The lowest BCUT2D eigenvalue weighted by Crippen LogP contribution is -2.75. The van der Waals surface area contributed by atoms with Gasteiger partial charge < -0.3 is 9.13 Å². The summed E-state index contributed by atoms with van der Waals surface area (Å²) in [6.07, 6.45) is 0. The van der Waals surface area contributed by atoms with E-state index in [0.717, 1.165) is 5.69 Å². The summed E-state index contributed by atoms with van der Waals surface area (Å²) in [6.45, 7) is 0. The molecule has 0 N–H and O–H groups in total. The van der Waals surface area contributed by atoms with Crippen LogP contribution >= 0.6 is 0 Å². The third-order valence-corrected chi connectivity index (χ3v) is 16.7. The average Bonchev–Trinajstić information content (AvgIpc) is 3.82. The molecule has 0 atom stereocenters. The first-order valence-electron chi connectivity index (χ1n) is 19.7. The summed E-state index contributed by atoms with van der Waals surface area (Å²) in [5.74, 6) is 0. The van der Waals surface area contributed by atoms with Crippen molar-refractivity contribution in [3.05, 3.63) is 231 Å². The van der Waals surface area contributed by atoms with E-state index in [1.807, 2.05) is 0 Å². The van der Waals surface area contributed by atoms with Gasteiger partial charge in [-0.1, -0.05) is 188 Å². The highest BCUT2D eigenvalue weighted by Crippen LogP contribution is 2.41. The van der Waals surface area contributed by atoms with E-state index in [4.69, 9.17) is 0 Å². The number of para-hydroxylation sites is 3. The third-order valence-electron chi connectivity index (χ3n) is 11.8. The van der Waals surface area contributed by atoms with E-state index in [9.17, 15) is 0 Å². The second-order valence-electron chi connectivity index (χ2n) is 14.8. The fraction of sp³-hybridized carbons (Fsp3) is 0. The summed E-state index contributed by atoms with van der Waals surface area (Å²) in [5.41, 5.74) is 9.56. The molecular weight excluding hydrogens is 705 g/mol. The predicted molar refractivity (Wildman–Crippen MR) is 244 cm³/mol. The molecule has 0 saturated heterocycles. The molecule has 57 heavy (non-hydrogen) atoms. The third kappa shape index (κ3) is 5.10. The molecule has 0 aliphatic heterocycles. The van der Waals surface area contributed by atoms with Crippen LogP contribution in [0.3, 0.4) is 0 Å². The SMILES string of the molecule is c1ccc(-c2ccc3c(c2)c2c(-n4c5ccccc5c5cccc([Si](c6ccccc6)(c6ccccc6)c6ccccc6)c54)cccc2n3-c2ccccc2)cc1. The van der Waals surface area contributed by atoms with E-state index in [1.54, 1.807) is 0 Å². The van der Waals surface area contributed by atoms with Gasteiger partial charge in [0.15, 0.2) is 8.07 Å². The Morgan fingerprint density at radius 1 is 0.316 bits per heavy atom. The Labute approximate surface area is 333 Å². The van der Waals surface area contributed by atoms with Gasteiger partial charge in [0.1, 0.15) is 0 Å². The van der Waals surface area contributed by atoms with Crippen LogP contribution in [0.15, 0.2) is 231 Å². The van der Waals surface area contributed by atoms with Crippen molar-refractivity contribution in [1.29, 1.82) is 0 Å². The summed E-state index contributed by atoms with van der Waals surface area (Å²) < 4.78 is 5.04. The number of hydrogen-bond donors (Lipinski definition) is 0. The molecule has 0 bridgehead atoms. The summed E-state index contributed by atoms with van der Waals surface area (Å²) in [7, 11) is -2.94. The molecule has 0 radical (unpaired) electrons. The van der Waals surface area contributed by atoms with Crippen molar-refractivity contribution in [3.63, 3.8) is 0 Å². The maximum absolute atomic E-state index is 2.94. The van der Waals surface area contributed by atoms with E-state index >= 15 is 0 Å². The zero-order valence-electron chi connectivity index (χ0n) is 31.3. The van der Waals surface area contributed by atoms with Crippen molar-refractivity contribution in [1.82, 2.24) is 9.13 Å². The minimum absolute atomic E-state index is 1.15. The van der Waals surface area contributed by atoms with Crippen molar-refractivity contribution >= 4 is 72.4 Å². The molecule has 11 rings (SSSR count). The number of benzene rings is 9. The van der Waals surface area contributed by atoms with Gasteiger partial charge in [0.05, 0.1) is 27.8 Å². The van der Waals surface area contributed by atoms with Crippen molar-refractivity contribution < 1.29 is 0 Å². The molecule has 0 fully saturated rings. The summed E-state index contributed by atoms with van der Waals surface area (Å²) in [5, 5.41) is 10.4. The maximum Gasteiger partial charge on any atom is 0.181 e. The Hall–Kier alpha value is -7.20. The van der Waals surface area contributed by atoms with Crippen LogP contribution in [0, 0.1) is 0 Å². The largest absolute Gasteiger partial charge is 0.309 e. The molecule has 0 aliphatic rings. The quantitative estimate of drug-likeness (QED) is 0.114. The van der Waals surface area contributed by atoms with Crippen LogP contribution in [0.5, 0.6) is 0 Å². The molecule has 3 heteroatoms. The molecule has 0 amide bonds. The molecule has 268 valence electrons. The maximum atomic E-state index is 2.60. The molecule has 2 aromatic heterocycles. The van der Waals surface area contributed by atoms with Crippen LogP contribution in [-0.4, -0.2) is 17.2 Å². The van der Waals surface area contributed by atoms with E-state index in [0.29, 0.717) is 0 Å². The number of fused-ring (bicyclic) bond motifs is 6. The number of aromatic nitrogens is 2. The van der Waals surface area contributed by atoms with Gasteiger partial charge in [0.2, 0.25) is 0 Å². The molecule has 2 heterocycles. The summed E-state index contributed by atoms with van der Waals surface area (Å²) >= 11 is 0. The highest BCUT2D eigenvalue weighted by molar-refractivity contribution is 7.20. The lowest BCUT2D eigenvalue weighted by atomic mass is 10.0. The minimum Gasteiger partial charge on any atom is -0.309 e. The van der Waals surface area contributed by atoms with Crippen LogP contribution in [0.4, 0.5) is 0 Å². The summed E-state index contributed by atoms with van der Waals surface area (Å²) in [6, 6.07) is 85.3. The second-order valence-corrected chi connectivity index (χ2v) is 18.6. The van der Waals surface area contributed by atoms with E-state index in [1.165, 1.54) is 81.2 Å². The Balaban J connectivity index is 1.34. The Morgan fingerprint density at radius 3 is 1.47 bits per heavy atom. The zero-order chi connectivity index (χ0) is 37.8. The highest BCUT2D eigenvalue weighted by atomic mass is 28.3. The van der Waals surface area contributed by atoms with Crippen LogP contribution in [0.25, 0.3) is 66.1 Å². The van der Waals surface area contributed by atoms with Crippen LogP contribution in [-0.2, 0) is 0 Å².